The Morgan fingerprint density at radius 1 is 1.80 bits per heavy atom. The van der Waals surface area contributed by atoms with Crippen molar-refractivity contribution in [2.75, 3.05) is 0 Å². The molecule has 0 amide bonds. The predicted molar refractivity (Wildman–Crippen MR) is 58.4 cm³/mol. The van der Waals surface area contributed by atoms with Crippen LogP contribution in [0.25, 0.3) is 0 Å². The van der Waals surface area contributed by atoms with Crippen molar-refractivity contribution in [3.63, 3.8) is 0 Å². The molecule has 0 aromatic carbocycles. The number of nitro groups is 1. The van der Waals surface area contributed by atoms with Gasteiger partial charge in [-0.3, -0.25) is 15.5 Å². The Morgan fingerprint density at radius 3 is 3.13 bits per heavy atom. The summed E-state index contributed by atoms with van der Waals surface area (Å²) in [4.78, 5) is 13.8. The molecular weight excluding hydrogens is 218 g/mol. The number of hydrazone groups is 1. The smallest absolute Gasteiger partial charge is 0.296 e. The molecule has 3 N–H and O–H groups in total. The van der Waals surface area contributed by atoms with Gasteiger partial charge in [-0.05, 0) is 18.3 Å². The van der Waals surface area contributed by atoms with Crippen LogP contribution in [0.15, 0.2) is 23.4 Å². The maximum atomic E-state index is 10.6. The van der Waals surface area contributed by atoms with E-state index in [1.165, 1.54) is 24.5 Å². The van der Waals surface area contributed by atoms with Crippen LogP contribution in [0.1, 0.15) is 5.69 Å². The van der Waals surface area contributed by atoms with E-state index >= 15 is 0 Å². The Kier molecular flexibility index (Phi) is 3.63. The number of thiocarbonyl (C=S) groups is 1. The highest BCUT2D eigenvalue weighted by Crippen LogP contribution is 2.12. The molecule has 1 heterocycles. The maximum Gasteiger partial charge on any atom is 0.296 e. The molecule has 0 aliphatic heterocycles. The third-order valence-corrected chi connectivity index (χ3v) is 1.47. The largest absolute Gasteiger partial charge is 0.375 e. The van der Waals surface area contributed by atoms with Crippen molar-refractivity contribution in [3.05, 3.63) is 34.1 Å². The van der Waals surface area contributed by atoms with Gasteiger partial charge in [0.2, 0.25) is 0 Å². The lowest BCUT2D eigenvalue weighted by molar-refractivity contribution is -0.385. The van der Waals surface area contributed by atoms with Gasteiger partial charge in [0.1, 0.15) is 0 Å². The molecule has 8 heteroatoms. The van der Waals surface area contributed by atoms with Crippen molar-refractivity contribution in [2.24, 2.45) is 10.8 Å². The number of rotatable bonds is 3. The summed E-state index contributed by atoms with van der Waals surface area (Å²) in [6.07, 6.45) is 2.60. The zero-order valence-electron chi connectivity index (χ0n) is 7.45. The van der Waals surface area contributed by atoms with Crippen molar-refractivity contribution >= 4 is 29.2 Å². The van der Waals surface area contributed by atoms with Crippen LogP contribution in [0.2, 0.25) is 0 Å². The topological polar surface area (TPSA) is 106 Å². The Morgan fingerprint density at radius 2 is 2.53 bits per heavy atom. The van der Waals surface area contributed by atoms with Gasteiger partial charge in [-0.2, -0.15) is 5.10 Å². The molecule has 0 atom stereocenters. The van der Waals surface area contributed by atoms with E-state index in [-0.39, 0.29) is 16.5 Å². The van der Waals surface area contributed by atoms with E-state index in [1.807, 2.05) is 0 Å². The summed E-state index contributed by atoms with van der Waals surface area (Å²) in [5.74, 6) is 0. The minimum Gasteiger partial charge on any atom is -0.375 e. The van der Waals surface area contributed by atoms with E-state index in [2.05, 4.69) is 27.7 Å². The Hall–Kier alpha value is -2.09. The van der Waals surface area contributed by atoms with Crippen molar-refractivity contribution < 1.29 is 4.92 Å². The normalized spacial score (nSPS) is 10.1. The monoisotopic (exact) mass is 225 g/mol. The molecule has 0 fully saturated rings. The van der Waals surface area contributed by atoms with Crippen molar-refractivity contribution in [2.45, 2.75) is 0 Å². The molecule has 78 valence electrons. The molecule has 0 aliphatic rings. The zero-order chi connectivity index (χ0) is 11.3. The summed E-state index contributed by atoms with van der Waals surface area (Å²) in [5.41, 5.74) is 7.38. The van der Waals surface area contributed by atoms with E-state index in [0.29, 0.717) is 0 Å². The highest BCUT2D eigenvalue weighted by molar-refractivity contribution is 7.80. The molecule has 15 heavy (non-hydrogen) atoms. The lowest BCUT2D eigenvalue weighted by Crippen LogP contribution is -2.24. The summed E-state index contributed by atoms with van der Waals surface area (Å²) in [5, 5.41) is 14.1. The van der Waals surface area contributed by atoms with E-state index in [4.69, 9.17) is 5.73 Å². The minimum absolute atomic E-state index is 0.0233. The first-order valence-corrected chi connectivity index (χ1v) is 4.20. The molecule has 0 saturated carbocycles. The SMILES string of the molecule is NC(=S)N/N=C/c1ncccc1[N+](=O)[O-]. The predicted octanol–water partition coefficient (Wildman–Crippen LogP) is 0.157. The first-order chi connectivity index (χ1) is 7.11. The zero-order valence-corrected chi connectivity index (χ0v) is 8.27. The summed E-state index contributed by atoms with van der Waals surface area (Å²) < 4.78 is 0. The van der Waals surface area contributed by atoms with Crippen molar-refractivity contribution in [3.8, 4) is 0 Å². The Balaban J connectivity index is 2.89. The highest BCUT2D eigenvalue weighted by Gasteiger charge is 2.11. The molecule has 0 aliphatic carbocycles. The number of pyridine rings is 1. The lowest BCUT2D eigenvalue weighted by Gasteiger charge is -1.95. The van der Waals surface area contributed by atoms with Crippen LogP contribution in [-0.4, -0.2) is 21.2 Å². The summed E-state index contributed by atoms with van der Waals surface area (Å²) in [6, 6.07) is 2.80. The molecule has 7 nitrogen and oxygen atoms in total. The third kappa shape index (κ3) is 3.27. The average Bonchev–Trinajstić information content (AvgIpc) is 2.17. The molecule has 0 bridgehead atoms. The van der Waals surface area contributed by atoms with Gasteiger partial charge in [0.15, 0.2) is 10.8 Å². The quantitative estimate of drug-likeness (QED) is 0.328. The molecule has 0 unspecified atom stereocenters. The number of aromatic nitrogens is 1. The summed E-state index contributed by atoms with van der Waals surface area (Å²) >= 11 is 4.49. The highest BCUT2D eigenvalue weighted by atomic mass is 32.1. The standard InChI is InChI=1S/C7H7N5O2S/c8-7(15)11-10-4-5-6(12(13)14)2-1-3-9-5/h1-4H,(H3,8,11,15)/b10-4+. The average molecular weight is 225 g/mol. The van der Waals surface area contributed by atoms with Gasteiger partial charge in [-0.15, -0.1) is 0 Å². The first kappa shape index (κ1) is 11.0. The van der Waals surface area contributed by atoms with E-state index in [1.54, 1.807) is 0 Å². The number of nitrogens with one attached hydrogen (secondary N) is 1. The van der Waals surface area contributed by atoms with E-state index in [9.17, 15) is 10.1 Å². The van der Waals surface area contributed by atoms with Crippen LogP contribution in [-0.2, 0) is 0 Å². The van der Waals surface area contributed by atoms with E-state index < -0.39 is 4.92 Å². The van der Waals surface area contributed by atoms with Crippen molar-refractivity contribution in [1.29, 1.82) is 0 Å². The Labute approximate surface area is 90.1 Å². The fraction of sp³-hybridized carbons (Fsp3) is 0. The van der Waals surface area contributed by atoms with Crippen LogP contribution in [0, 0.1) is 10.1 Å². The second-order valence-corrected chi connectivity index (χ2v) is 2.84. The summed E-state index contributed by atoms with van der Waals surface area (Å²) in [6.45, 7) is 0. The van der Waals surface area contributed by atoms with Crippen LogP contribution in [0.5, 0.6) is 0 Å². The van der Waals surface area contributed by atoms with Crippen LogP contribution in [0.4, 0.5) is 5.69 Å². The van der Waals surface area contributed by atoms with Gasteiger partial charge >= 0.3 is 0 Å². The fourth-order valence-corrected chi connectivity index (χ4v) is 0.873. The summed E-state index contributed by atoms with van der Waals surface area (Å²) in [7, 11) is 0. The maximum absolute atomic E-state index is 10.6. The molecule has 1 aromatic heterocycles. The Bertz CT molecular complexity index is 420. The molecule has 0 radical (unpaired) electrons. The molecule has 0 saturated heterocycles. The minimum atomic E-state index is -0.547. The first-order valence-electron chi connectivity index (χ1n) is 3.79. The van der Waals surface area contributed by atoms with Gasteiger partial charge in [-0.25, -0.2) is 4.98 Å². The van der Waals surface area contributed by atoms with Gasteiger partial charge in [0.05, 0.1) is 11.1 Å². The third-order valence-electron chi connectivity index (χ3n) is 1.37. The van der Waals surface area contributed by atoms with Crippen LogP contribution < -0.4 is 11.2 Å². The second-order valence-electron chi connectivity index (χ2n) is 2.40. The number of hydrogen-bond donors (Lipinski definition) is 2. The molecular formula is C7H7N5O2S. The molecule has 1 rings (SSSR count). The van der Waals surface area contributed by atoms with Gasteiger partial charge in [0, 0.05) is 12.3 Å². The van der Waals surface area contributed by atoms with Gasteiger partial charge in [0.25, 0.3) is 5.69 Å². The lowest BCUT2D eigenvalue weighted by atomic mass is 10.3. The van der Waals surface area contributed by atoms with E-state index in [0.717, 1.165) is 0 Å². The number of nitrogens with two attached hydrogens (primary N) is 1. The molecule has 0 spiro atoms. The number of nitrogens with zero attached hydrogens (tertiary/aromatic N) is 3. The second kappa shape index (κ2) is 4.96. The van der Waals surface area contributed by atoms with Crippen LogP contribution >= 0.6 is 12.2 Å². The van der Waals surface area contributed by atoms with Gasteiger partial charge < -0.3 is 5.73 Å². The molecule has 1 aromatic rings. The van der Waals surface area contributed by atoms with Crippen molar-refractivity contribution in [1.82, 2.24) is 10.4 Å². The van der Waals surface area contributed by atoms with Gasteiger partial charge in [-0.1, -0.05) is 0 Å². The number of hydrogen-bond acceptors (Lipinski definition) is 5. The fourth-order valence-electron chi connectivity index (χ4n) is 0.820. The van der Waals surface area contributed by atoms with Crippen LogP contribution in [0.3, 0.4) is 0 Å².